The highest BCUT2D eigenvalue weighted by Crippen LogP contribution is 2.30. The van der Waals surface area contributed by atoms with Crippen LogP contribution in [0.1, 0.15) is 30.4 Å². The number of carbonyl (C=O) groups is 2. The fourth-order valence-electron chi connectivity index (χ4n) is 4.17. The van der Waals surface area contributed by atoms with Crippen molar-refractivity contribution in [1.82, 2.24) is 4.90 Å². The van der Waals surface area contributed by atoms with Crippen molar-refractivity contribution >= 4 is 23.2 Å². The van der Waals surface area contributed by atoms with Gasteiger partial charge in [-0.05, 0) is 48.7 Å². The van der Waals surface area contributed by atoms with E-state index < -0.39 is 17.7 Å². The smallest absolute Gasteiger partial charge is 0.371 e. The number of nitrogens with zero attached hydrogens (tertiary/aromatic N) is 2. The molecule has 2 heterocycles. The second kappa shape index (κ2) is 8.61. The molecule has 2 fully saturated rings. The summed E-state index contributed by atoms with van der Waals surface area (Å²) in [5, 5.41) is 2.89. The maximum Gasteiger partial charge on any atom is 0.416 e. The highest BCUT2D eigenvalue weighted by Gasteiger charge is 2.35. The van der Waals surface area contributed by atoms with Crippen molar-refractivity contribution in [3.8, 4) is 0 Å². The molecule has 2 aromatic rings. The molecule has 0 radical (unpaired) electrons. The second-order valence-corrected chi connectivity index (χ2v) is 8.11. The Hall–Kier alpha value is -3.03. The van der Waals surface area contributed by atoms with Gasteiger partial charge in [-0.15, -0.1) is 0 Å². The first kappa shape index (κ1) is 21.2. The summed E-state index contributed by atoms with van der Waals surface area (Å²) in [5.41, 5.74) is 1.38. The molecule has 0 spiro atoms. The molecule has 4 rings (SSSR count). The Balaban J connectivity index is 1.38. The maximum atomic E-state index is 12.9. The molecule has 8 heteroatoms. The molecule has 1 N–H and O–H groups in total. The minimum Gasteiger partial charge on any atom is -0.371 e. The predicted molar refractivity (Wildman–Crippen MR) is 111 cm³/mol. The molecule has 0 saturated carbocycles. The van der Waals surface area contributed by atoms with Crippen molar-refractivity contribution in [2.75, 3.05) is 29.9 Å². The summed E-state index contributed by atoms with van der Waals surface area (Å²) >= 11 is 0. The van der Waals surface area contributed by atoms with E-state index in [0.29, 0.717) is 11.3 Å². The van der Waals surface area contributed by atoms with Gasteiger partial charge in [-0.2, -0.15) is 13.2 Å². The number of rotatable bonds is 5. The molecule has 0 aromatic heterocycles. The quantitative estimate of drug-likeness (QED) is 0.768. The van der Waals surface area contributed by atoms with E-state index in [0.717, 1.165) is 43.8 Å². The van der Waals surface area contributed by atoms with Gasteiger partial charge in [0.25, 0.3) is 0 Å². The number of alkyl halides is 3. The van der Waals surface area contributed by atoms with Crippen LogP contribution in [0.4, 0.5) is 24.5 Å². The normalized spacial score (nSPS) is 19.2. The van der Waals surface area contributed by atoms with E-state index in [1.165, 1.54) is 11.0 Å². The summed E-state index contributed by atoms with van der Waals surface area (Å²) in [6.07, 6.45) is -2.07. The van der Waals surface area contributed by atoms with E-state index in [1.54, 1.807) is 6.07 Å². The lowest BCUT2D eigenvalue weighted by atomic mass is 10.1. The number of halogens is 3. The third kappa shape index (κ3) is 5.00. The van der Waals surface area contributed by atoms with Crippen LogP contribution in [-0.4, -0.2) is 36.3 Å². The fourth-order valence-corrected chi connectivity index (χ4v) is 4.17. The van der Waals surface area contributed by atoms with Gasteiger partial charge in [0.15, 0.2) is 0 Å². The van der Waals surface area contributed by atoms with Crippen LogP contribution in [0.3, 0.4) is 0 Å². The largest absolute Gasteiger partial charge is 0.416 e. The molecule has 31 heavy (non-hydrogen) atoms. The van der Waals surface area contributed by atoms with Crippen molar-refractivity contribution in [2.45, 2.75) is 32.0 Å². The standard InChI is InChI=1S/C23H24F3N3O2/c24-23(25,26)18-6-3-5-16(11-18)14-29-15-17(12-21(29)30)22(31)27-19-7-4-8-20(13-19)28-9-1-2-10-28/h3-8,11,13,17H,1-2,9-10,12,14-15H2,(H,27,31). The molecule has 1 atom stereocenters. The lowest BCUT2D eigenvalue weighted by Crippen LogP contribution is -2.28. The third-order valence-electron chi connectivity index (χ3n) is 5.80. The van der Waals surface area contributed by atoms with Gasteiger partial charge in [-0.25, -0.2) is 0 Å². The molecular formula is C23H24F3N3O2. The van der Waals surface area contributed by atoms with Gasteiger partial charge < -0.3 is 15.1 Å². The molecular weight excluding hydrogens is 407 g/mol. The number of anilines is 2. The van der Waals surface area contributed by atoms with Gasteiger partial charge in [0, 0.05) is 44.0 Å². The maximum absolute atomic E-state index is 12.9. The van der Waals surface area contributed by atoms with Crippen LogP contribution >= 0.6 is 0 Å². The Morgan fingerprint density at radius 2 is 1.81 bits per heavy atom. The van der Waals surface area contributed by atoms with Gasteiger partial charge in [-0.3, -0.25) is 9.59 Å². The van der Waals surface area contributed by atoms with Crippen LogP contribution in [0.5, 0.6) is 0 Å². The summed E-state index contributed by atoms with van der Waals surface area (Å²) in [4.78, 5) is 28.8. The molecule has 2 saturated heterocycles. The van der Waals surface area contributed by atoms with Crippen molar-refractivity contribution < 1.29 is 22.8 Å². The topological polar surface area (TPSA) is 52.7 Å². The zero-order chi connectivity index (χ0) is 22.0. The van der Waals surface area contributed by atoms with Gasteiger partial charge >= 0.3 is 6.18 Å². The third-order valence-corrected chi connectivity index (χ3v) is 5.80. The molecule has 1 unspecified atom stereocenters. The summed E-state index contributed by atoms with van der Waals surface area (Å²) in [7, 11) is 0. The van der Waals surface area contributed by atoms with E-state index >= 15 is 0 Å². The molecule has 5 nitrogen and oxygen atoms in total. The zero-order valence-corrected chi connectivity index (χ0v) is 17.0. The summed E-state index contributed by atoms with van der Waals surface area (Å²) in [5.74, 6) is -1.02. The van der Waals surface area contributed by atoms with Crippen molar-refractivity contribution in [2.24, 2.45) is 5.92 Å². The molecule has 2 aliphatic rings. The number of nitrogens with one attached hydrogen (secondary N) is 1. The second-order valence-electron chi connectivity index (χ2n) is 8.11. The minimum absolute atomic E-state index is 0.0522. The molecule has 0 bridgehead atoms. The van der Waals surface area contributed by atoms with Gasteiger partial charge in [0.1, 0.15) is 0 Å². The highest BCUT2D eigenvalue weighted by molar-refractivity contribution is 5.97. The van der Waals surface area contributed by atoms with Crippen LogP contribution < -0.4 is 10.2 Å². The molecule has 2 aromatic carbocycles. The van der Waals surface area contributed by atoms with Crippen molar-refractivity contribution in [1.29, 1.82) is 0 Å². The molecule has 164 valence electrons. The first-order chi connectivity index (χ1) is 14.8. The van der Waals surface area contributed by atoms with E-state index in [1.807, 2.05) is 24.3 Å². The monoisotopic (exact) mass is 431 g/mol. The SMILES string of the molecule is O=C(Nc1cccc(N2CCCC2)c1)C1CC(=O)N(Cc2cccc(C(F)(F)F)c2)C1. The van der Waals surface area contributed by atoms with Crippen LogP contribution in [0.25, 0.3) is 0 Å². The average Bonchev–Trinajstić information content (AvgIpc) is 3.39. The lowest BCUT2D eigenvalue weighted by molar-refractivity contribution is -0.137. The van der Waals surface area contributed by atoms with Crippen molar-refractivity contribution in [3.63, 3.8) is 0 Å². The van der Waals surface area contributed by atoms with Crippen LogP contribution in [0.2, 0.25) is 0 Å². The number of hydrogen-bond donors (Lipinski definition) is 1. The number of amides is 2. The van der Waals surface area contributed by atoms with Crippen molar-refractivity contribution in [3.05, 3.63) is 59.7 Å². The first-order valence-corrected chi connectivity index (χ1v) is 10.4. The Morgan fingerprint density at radius 3 is 2.55 bits per heavy atom. The Kier molecular flexibility index (Phi) is 5.89. The number of carbonyl (C=O) groups excluding carboxylic acids is 2. The highest BCUT2D eigenvalue weighted by atomic mass is 19.4. The lowest BCUT2D eigenvalue weighted by Gasteiger charge is -2.19. The molecule has 2 amide bonds. The molecule has 0 aliphatic carbocycles. The predicted octanol–water partition coefficient (Wildman–Crippen LogP) is 4.29. The van der Waals surface area contributed by atoms with E-state index in [-0.39, 0.29) is 31.3 Å². The Labute approximate surface area is 178 Å². The minimum atomic E-state index is -4.43. The van der Waals surface area contributed by atoms with Crippen LogP contribution in [-0.2, 0) is 22.3 Å². The first-order valence-electron chi connectivity index (χ1n) is 10.4. The Morgan fingerprint density at radius 1 is 1.06 bits per heavy atom. The van der Waals surface area contributed by atoms with E-state index in [4.69, 9.17) is 0 Å². The summed E-state index contributed by atoms with van der Waals surface area (Å²) in [6.45, 7) is 2.24. The van der Waals surface area contributed by atoms with Crippen LogP contribution in [0.15, 0.2) is 48.5 Å². The van der Waals surface area contributed by atoms with E-state index in [9.17, 15) is 22.8 Å². The summed E-state index contributed by atoms with van der Waals surface area (Å²) in [6, 6.07) is 12.6. The number of likely N-dealkylation sites (tertiary alicyclic amines) is 1. The zero-order valence-electron chi connectivity index (χ0n) is 17.0. The van der Waals surface area contributed by atoms with Crippen LogP contribution in [0, 0.1) is 5.92 Å². The summed E-state index contributed by atoms with van der Waals surface area (Å²) < 4.78 is 38.8. The van der Waals surface area contributed by atoms with Gasteiger partial charge in [0.05, 0.1) is 11.5 Å². The number of hydrogen-bond acceptors (Lipinski definition) is 3. The van der Waals surface area contributed by atoms with E-state index in [2.05, 4.69) is 10.2 Å². The average molecular weight is 431 g/mol. The fraction of sp³-hybridized carbons (Fsp3) is 0.391. The Bertz CT molecular complexity index is 971. The number of benzene rings is 2. The van der Waals surface area contributed by atoms with Gasteiger partial charge in [-0.1, -0.05) is 18.2 Å². The molecule has 2 aliphatic heterocycles. The van der Waals surface area contributed by atoms with Gasteiger partial charge in [0.2, 0.25) is 11.8 Å².